The highest BCUT2D eigenvalue weighted by molar-refractivity contribution is 4.99. The molecule has 0 N–H and O–H groups in total. The van der Waals surface area contributed by atoms with Gasteiger partial charge in [0.2, 0.25) is 0 Å². The fourth-order valence-corrected chi connectivity index (χ4v) is 3.48. The van der Waals surface area contributed by atoms with Crippen LogP contribution in [0.3, 0.4) is 0 Å². The second-order valence-electron chi connectivity index (χ2n) is 4.99. The summed E-state index contributed by atoms with van der Waals surface area (Å²) in [5.74, 6) is 0. The Hall–Kier alpha value is -0.0800. The number of piperidine rings is 1. The van der Waals surface area contributed by atoms with Crippen LogP contribution in [0.5, 0.6) is 0 Å². The van der Waals surface area contributed by atoms with Crippen LogP contribution in [0.25, 0.3) is 0 Å². The van der Waals surface area contributed by atoms with Crippen LogP contribution >= 0.6 is 0 Å². The smallest absolute Gasteiger partial charge is 0.0537 e. The van der Waals surface area contributed by atoms with Crippen molar-refractivity contribution in [1.29, 1.82) is 0 Å². The highest BCUT2D eigenvalue weighted by Gasteiger charge is 2.46. The molecule has 2 unspecified atom stereocenters. The van der Waals surface area contributed by atoms with Crippen molar-refractivity contribution in [2.75, 3.05) is 26.8 Å². The largest absolute Gasteiger partial charge is 0.381 e. The van der Waals surface area contributed by atoms with E-state index in [1.54, 1.807) is 0 Å². The van der Waals surface area contributed by atoms with Gasteiger partial charge in [0.15, 0.2) is 0 Å². The van der Waals surface area contributed by atoms with Gasteiger partial charge in [-0.05, 0) is 46.2 Å². The third-order valence-corrected chi connectivity index (χ3v) is 4.17. The van der Waals surface area contributed by atoms with Gasteiger partial charge < -0.3 is 9.64 Å². The fourth-order valence-electron chi connectivity index (χ4n) is 3.48. The van der Waals surface area contributed by atoms with Gasteiger partial charge in [-0.15, -0.1) is 0 Å². The number of nitrogens with zero attached hydrogens (tertiary/aromatic N) is 1. The van der Waals surface area contributed by atoms with E-state index < -0.39 is 0 Å². The number of rotatable bonds is 3. The molecule has 1 heterocycles. The normalized spacial score (nSPS) is 38.6. The Balaban J connectivity index is 2.05. The van der Waals surface area contributed by atoms with Gasteiger partial charge in [0, 0.05) is 18.1 Å². The van der Waals surface area contributed by atoms with Crippen LogP contribution in [-0.2, 0) is 4.74 Å². The molecule has 2 nitrogen and oxygen atoms in total. The summed E-state index contributed by atoms with van der Waals surface area (Å²) in [5, 5.41) is 0. The van der Waals surface area contributed by atoms with Gasteiger partial charge in [0.1, 0.15) is 0 Å². The zero-order valence-electron chi connectivity index (χ0n) is 9.59. The lowest BCUT2D eigenvalue weighted by Gasteiger charge is -2.44. The molecule has 1 aliphatic carbocycles. The van der Waals surface area contributed by atoms with Crippen LogP contribution in [0.4, 0.5) is 0 Å². The van der Waals surface area contributed by atoms with Gasteiger partial charge in [0.05, 0.1) is 6.61 Å². The molecule has 2 fully saturated rings. The highest BCUT2D eigenvalue weighted by Crippen LogP contribution is 2.47. The SMILES string of the molecule is CCOCC12CCCC1N(C)CCC2. The number of likely N-dealkylation sites (tertiary alicyclic amines) is 1. The first kappa shape index (κ1) is 10.4. The Morgan fingerprint density at radius 2 is 2.14 bits per heavy atom. The molecule has 1 saturated heterocycles. The topological polar surface area (TPSA) is 12.5 Å². The van der Waals surface area contributed by atoms with Crippen LogP contribution in [0.1, 0.15) is 39.0 Å². The molecule has 14 heavy (non-hydrogen) atoms. The van der Waals surface area contributed by atoms with E-state index in [0.29, 0.717) is 5.41 Å². The molecule has 1 saturated carbocycles. The van der Waals surface area contributed by atoms with Gasteiger partial charge in [-0.2, -0.15) is 0 Å². The van der Waals surface area contributed by atoms with E-state index >= 15 is 0 Å². The van der Waals surface area contributed by atoms with Crippen molar-refractivity contribution < 1.29 is 4.74 Å². The summed E-state index contributed by atoms with van der Waals surface area (Å²) in [5.41, 5.74) is 0.517. The molecule has 0 aromatic carbocycles. The Bertz CT molecular complexity index is 195. The van der Waals surface area contributed by atoms with E-state index in [1.165, 1.54) is 38.6 Å². The van der Waals surface area contributed by atoms with Gasteiger partial charge >= 0.3 is 0 Å². The first-order chi connectivity index (χ1) is 6.78. The quantitative estimate of drug-likeness (QED) is 0.688. The van der Waals surface area contributed by atoms with Crippen molar-refractivity contribution in [2.45, 2.75) is 45.1 Å². The zero-order chi connectivity index (χ0) is 10.0. The van der Waals surface area contributed by atoms with E-state index in [1.807, 2.05) is 0 Å². The first-order valence-corrected chi connectivity index (χ1v) is 6.06. The minimum absolute atomic E-state index is 0.517. The summed E-state index contributed by atoms with van der Waals surface area (Å²) in [4.78, 5) is 2.56. The Kier molecular flexibility index (Phi) is 3.13. The maximum Gasteiger partial charge on any atom is 0.0537 e. The highest BCUT2D eigenvalue weighted by atomic mass is 16.5. The summed E-state index contributed by atoms with van der Waals surface area (Å²) in [6.07, 6.45) is 6.94. The second-order valence-corrected chi connectivity index (χ2v) is 4.99. The van der Waals surface area contributed by atoms with E-state index in [-0.39, 0.29) is 0 Å². The van der Waals surface area contributed by atoms with Gasteiger partial charge in [-0.25, -0.2) is 0 Å². The molecule has 0 radical (unpaired) electrons. The molecule has 2 heteroatoms. The summed E-state index contributed by atoms with van der Waals surface area (Å²) >= 11 is 0. The standard InChI is InChI=1S/C12H23NO/c1-3-14-10-12-7-4-6-11(12)13(2)9-5-8-12/h11H,3-10H2,1-2H3. The average molecular weight is 197 g/mol. The summed E-state index contributed by atoms with van der Waals surface area (Å²) in [6, 6.07) is 0.808. The molecule has 0 spiro atoms. The molecular formula is C12H23NO. The summed E-state index contributed by atoms with van der Waals surface area (Å²) in [7, 11) is 2.29. The number of hydrogen-bond acceptors (Lipinski definition) is 2. The van der Waals surface area contributed by atoms with Crippen LogP contribution in [-0.4, -0.2) is 37.7 Å². The number of hydrogen-bond donors (Lipinski definition) is 0. The third kappa shape index (κ3) is 1.70. The lowest BCUT2D eigenvalue weighted by atomic mass is 9.76. The van der Waals surface area contributed by atoms with Gasteiger partial charge in [-0.1, -0.05) is 6.42 Å². The van der Waals surface area contributed by atoms with Crippen molar-refractivity contribution in [3.8, 4) is 0 Å². The molecular weight excluding hydrogens is 174 g/mol. The predicted molar refractivity (Wildman–Crippen MR) is 58.4 cm³/mol. The minimum atomic E-state index is 0.517. The zero-order valence-corrected chi connectivity index (χ0v) is 9.59. The van der Waals surface area contributed by atoms with Gasteiger partial charge in [-0.3, -0.25) is 0 Å². The Labute approximate surface area is 87.6 Å². The molecule has 2 rings (SSSR count). The molecule has 0 aromatic rings. The van der Waals surface area contributed by atoms with E-state index in [4.69, 9.17) is 4.74 Å². The molecule has 2 aliphatic rings. The minimum Gasteiger partial charge on any atom is -0.381 e. The Morgan fingerprint density at radius 1 is 1.36 bits per heavy atom. The lowest BCUT2D eigenvalue weighted by molar-refractivity contribution is -0.0230. The van der Waals surface area contributed by atoms with E-state index in [2.05, 4.69) is 18.9 Å². The maximum absolute atomic E-state index is 5.70. The third-order valence-electron chi connectivity index (χ3n) is 4.17. The van der Waals surface area contributed by atoms with Crippen LogP contribution in [0, 0.1) is 5.41 Å². The van der Waals surface area contributed by atoms with Crippen LogP contribution in [0.15, 0.2) is 0 Å². The van der Waals surface area contributed by atoms with Crippen molar-refractivity contribution in [3.63, 3.8) is 0 Å². The van der Waals surface area contributed by atoms with Crippen molar-refractivity contribution in [3.05, 3.63) is 0 Å². The van der Waals surface area contributed by atoms with Crippen molar-refractivity contribution in [1.82, 2.24) is 4.90 Å². The first-order valence-electron chi connectivity index (χ1n) is 6.06. The van der Waals surface area contributed by atoms with Gasteiger partial charge in [0.25, 0.3) is 0 Å². The average Bonchev–Trinajstić information content (AvgIpc) is 2.60. The molecule has 0 amide bonds. The fraction of sp³-hybridized carbons (Fsp3) is 1.00. The number of fused-ring (bicyclic) bond motifs is 1. The monoisotopic (exact) mass is 197 g/mol. The molecule has 0 aromatic heterocycles. The molecule has 1 aliphatic heterocycles. The predicted octanol–water partition coefficient (Wildman–Crippen LogP) is 2.29. The second kappa shape index (κ2) is 4.19. The van der Waals surface area contributed by atoms with Crippen molar-refractivity contribution >= 4 is 0 Å². The molecule has 0 bridgehead atoms. The molecule has 82 valence electrons. The van der Waals surface area contributed by atoms with Crippen LogP contribution < -0.4 is 0 Å². The van der Waals surface area contributed by atoms with E-state index in [9.17, 15) is 0 Å². The summed E-state index contributed by atoms with van der Waals surface area (Å²) < 4.78 is 5.70. The molecule has 2 atom stereocenters. The maximum atomic E-state index is 5.70. The summed E-state index contributed by atoms with van der Waals surface area (Å²) in [6.45, 7) is 5.27. The van der Waals surface area contributed by atoms with E-state index in [0.717, 1.165) is 19.3 Å². The van der Waals surface area contributed by atoms with Crippen LogP contribution in [0.2, 0.25) is 0 Å². The Morgan fingerprint density at radius 3 is 2.93 bits per heavy atom. The van der Waals surface area contributed by atoms with Crippen molar-refractivity contribution in [2.24, 2.45) is 5.41 Å². The lowest BCUT2D eigenvalue weighted by Crippen LogP contribution is -2.49. The number of ether oxygens (including phenoxy) is 1.